The third-order valence-electron chi connectivity index (χ3n) is 8.08. The molecule has 23 heavy (non-hydrogen) atoms. The Morgan fingerprint density at radius 3 is 2.48 bits per heavy atom. The van der Waals surface area contributed by atoms with E-state index in [0.717, 1.165) is 25.7 Å². The molecule has 9 atom stereocenters. The van der Waals surface area contributed by atoms with Crippen molar-refractivity contribution >= 4 is 0 Å². The molecule has 0 aromatic carbocycles. The molecule has 4 N–H and O–H groups in total. The lowest BCUT2D eigenvalue weighted by molar-refractivity contribution is -0.110. The molecule has 0 bridgehead atoms. The Bertz CT molecular complexity index is 531. The van der Waals surface area contributed by atoms with E-state index in [4.69, 9.17) is 0 Å². The van der Waals surface area contributed by atoms with Crippen LogP contribution >= 0.6 is 0 Å². The first-order valence-electron chi connectivity index (χ1n) is 9.21. The predicted octanol–water partition coefficient (Wildman–Crippen LogP) is 1.61. The van der Waals surface area contributed by atoms with E-state index in [0.29, 0.717) is 18.8 Å². The first-order chi connectivity index (χ1) is 10.8. The van der Waals surface area contributed by atoms with Crippen LogP contribution in [0, 0.1) is 28.6 Å². The van der Waals surface area contributed by atoms with Gasteiger partial charge in [0.1, 0.15) is 0 Å². The highest BCUT2D eigenvalue weighted by molar-refractivity contribution is 5.28. The third-order valence-corrected chi connectivity index (χ3v) is 8.08. The molecule has 4 nitrogen and oxygen atoms in total. The van der Waals surface area contributed by atoms with Crippen molar-refractivity contribution in [2.24, 2.45) is 28.6 Å². The zero-order valence-corrected chi connectivity index (χ0v) is 14.2. The van der Waals surface area contributed by atoms with Crippen molar-refractivity contribution in [3.63, 3.8) is 0 Å². The van der Waals surface area contributed by atoms with E-state index in [9.17, 15) is 20.4 Å². The molecule has 0 amide bonds. The van der Waals surface area contributed by atoms with E-state index in [-0.39, 0.29) is 28.8 Å². The molecule has 0 saturated heterocycles. The van der Waals surface area contributed by atoms with Gasteiger partial charge in [-0.1, -0.05) is 25.5 Å². The van der Waals surface area contributed by atoms with Crippen molar-refractivity contribution in [3.05, 3.63) is 11.6 Å². The molecule has 0 heterocycles. The summed E-state index contributed by atoms with van der Waals surface area (Å²) in [6, 6.07) is 0. The van der Waals surface area contributed by atoms with Crippen LogP contribution in [-0.2, 0) is 0 Å². The van der Waals surface area contributed by atoms with Gasteiger partial charge in [-0.25, -0.2) is 0 Å². The Kier molecular flexibility index (Phi) is 3.52. The summed E-state index contributed by atoms with van der Waals surface area (Å²) in [5.74, 6) is 0.674. The summed E-state index contributed by atoms with van der Waals surface area (Å²) in [5, 5.41) is 41.6. The quantitative estimate of drug-likeness (QED) is 0.511. The fourth-order valence-electron chi connectivity index (χ4n) is 6.62. The molecule has 3 fully saturated rings. The van der Waals surface area contributed by atoms with E-state index >= 15 is 0 Å². The first kappa shape index (κ1) is 16.1. The molecular weight excluding hydrogens is 292 g/mol. The van der Waals surface area contributed by atoms with Crippen LogP contribution in [0.3, 0.4) is 0 Å². The Morgan fingerprint density at radius 2 is 1.74 bits per heavy atom. The van der Waals surface area contributed by atoms with Crippen molar-refractivity contribution in [1.29, 1.82) is 0 Å². The summed E-state index contributed by atoms with van der Waals surface area (Å²) in [5.41, 5.74) is 1.01. The largest absolute Gasteiger partial charge is 0.393 e. The van der Waals surface area contributed by atoms with Crippen LogP contribution in [0.15, 0.2) is 11.6 Å². The summed E-state index contributed by atoms with van der Waals surface area (Å²) in [7, 11) is 0. The van der Waals surface area contributed by atoms with E-state index in [1.807, 2.05) is 6.08 Å². The van der Waals surface area contributed by atoms with Crippen LogP contribution in [0.4, 0.5) is 0 Å². The van der Waals surface area contributed by atoms with Crippen LogP contribution < -0.4 is 0 Å². The maximum atomic E-state index is 10.9. The van der Waals surface area contributed by atoms with Crippen LogP contribution in [-0.4, -0.2) is 44.8 Å². The lowest BCUT2D eigenvalue weighted by Crippen LogP contribution is -2.55. The van der Waals surface area contributed by atoms with Gasteiger partial charge in [0.15, 0.2) is 0 Å². The van der Waals surface area contributed by atoms with Crippen LogP contribution in [0.2, 0.25) is 0 Å². The molecular formula is C19H30O4. The first-order valence-corrected chi connectivity index (χ1v) is 9.21. The fourth-order valence-corrected chi connectivity index (χ4v) is 6.62. The van der Waals surface area contributed by atoms with Gasteiger partial charge in [0.25, 0.3) is 0 Å². The van der Waals surface area contributed by atoms with Gasteiger partial charge in [-0.3, -0.25) is 0 Å². The summed E-state index contributed by atoms with van der Waals surface area (Å²) in [6.45, 7) is 4.40. The van der Waals surface area contributed by atoms with Crippen molar-refractivity contribution in [3.8, 4) is 0 Å². The summed E-state index contributed by atoms with van der Waals surface area (Å²) in [6.07, 6.45) is 4.85. The van der Waals surface area contributed by atoms with Crippen LogP contribution in [0.5, 0.6) is 0 Å². The molecule has 0 spiro atoms. The molecule has 0 radical (unpaired) electrons. The SMILES string of the molecule is C[C@]12CCC(O)CC1=C[C@H](O)[C@@H]1[C@@H]2CC[C@]2(C)C(O)[C@@H](O)C[C@@H]12. The highest BCUT2D eigenvalue weighted by Crippen LogP contribution is 2.64. The van der Waals surface area contributed by atoms with Crippen molar-refractivity contribution in [2.45, 2.75) is 76.8 Å². The van der Waals surface area contributed by atoms with E-state index in [2.05, 4.69) is 13.8 Å². The second-order valence-electron chi connectivity index (χ2n) is 9.08. The average molecular weight is 322 g/mol. The second kappa shape index (κ2) is 5.04. The molecule has 4 aliphatic rings. The zero-order chi connectivity index (χ0) is 16.6. The van der Waals surface area contributed by atoms with Crippen LogP contribution in [0.1, 0.15) is 52.4 Å². The van der Waals surface area contributed by atoms with Gasteiger partial charge in [-0.05, 0) is 67.1 Å². The Morgan fingerprint density at radius 1 is 1.00 bits per heavy atom. The Hall–Kier alpha value is -0.420. The summed E-state index contributed by atoms with van der Waals surface area (Å²) in [4.78, 5) is 0. The molecule has 4 aliphatic carbocycles. The monoisotopic (exact) mass is 322 g/mol. The van der Waals surface area contributed by atoms with Crippen molar-refractivity contribution in [1.82, 2.24) is 0 Å². The minimum atomic E-state index is -0.674. The van der Waals surface area contributed by atoms with Gasteiger partial charge in [-0.2, -0.15) is 0 Å². The molecule has 2 unspecified atom stereocenters. The minimum absolute atomic E-state index is 0.0585. The van der Waals surface area contributed by atoms with Gasteiger partial charge < -0.3 is 20.4 Å². The molecule has 4 rings (SSSR count). The molecule has 0 aliphatic heterocycles. The normalized spacial score (nSPS) is 58.9. The number of fused-ring (bicyclic) bond motifs is 5. The Labute approximate surface area is 138 Å². The standard InChI is InChI=1S/C19H30O4/c1-18-5-3-11(20)7-10(18)8-14(21)16-12(18)4-6-19(2)13(16)9-15(22)17(19)23/h8,11-17,20-23H,3-7,9H2,1-2H3/t11?,12-,13-,14-,15-,16+,17?,18-,19-/m0/s1. The van der Waals surface area contributed by atoms with E-state index < -0.39 is 18.3 Å². The van der Waals surface area contributed by atoms with Crippen LogP contribution in [0.25, 0.3) is 0 Å². The number of hydrogen-bond acceptors (Lipinski definition) is 4. The van der Waals surface area contributed by atoms with Crippen molar-refractivity contribution in [2.75, 3.05) is 0 Å². The lowest BCUT2D eigenvalue weighted by atomic mass is 9.47. The predicted molar refractivity (Wildman–Crippen MR) is 86.5 cm³/mol. The number of aliphatic hydroxyl groups excluding tert-OH is 4. The molecule has 0 aromatic heterocycles. The smallest absolute Gasteiger partial charge is 0.0855 e. The van der Waals surface area contributed by atoms with Gasteiger partial charge in [0.05, 0.1) is 24.4 Å². The number of rotatable bonds is 0. The minimum Gasteiger partial charge on any atom is -0.393 e. The highest BCUT2D eigenvalue weighted by Gasteiger charge is 2.62. The van der Waals surface area contributed by atoms with Crippen molar-refractivity contribution < 1.29 is 20.4 Å². The van der Waals surface area contributed by atoms with Gasteiger partial charge in [0.2, 0.25) is 0 Å². The molecule has 4 heteroatoms. The van der Waals surface area contributed by atoms with Gasteiger partial charge in [0, 0.05) is 0 Å². The molecule has 130 valence electrons. The average Bonchev–Trinajstić information content (AvgIpc) is 2.73. The third kappa shape index (κ3) is 2.05. The number of hydrogen-bond donors (Lipinski definition) is 4. The lowest BCUT2D eigenvalue weighted by Gasteiger charge is -2.58. The van der Waals surface area contributed by atoms with E-state index in [1.54, 1.807) is 0 Å². The Balaban J connectivity index is 1.73. The van der Waals surface area contributed by atoms with Gasteiger partial charge >= 0.3 is 0 Å². The van der Waals surface area contributed by atoms with Gasteiger partial charge in [-0.15, -0.1) is 0 Å². The number of aliphatic hydroxyl groups is 4. The maximum Gasteiger partial charge on any atom is 0.0855 e. The molecule has 3 saturated carbocycles. The highest BCUT2D eigenvalue weighted by atomic mass is 16.3. The van der Waals surface area contributed by atoms with E-state index in [1.165, 1.54) is 5.57 Å². The maximum absolute atomic E-state index is 10.9. The topological polar surface area (TPSA) is 80.9 Å². The fraction of sp³-hybridized carbons (Fsp3) is 0.895. The molecule has 0 aromatic rings. The second-order valence-corrected chi connectivity index (χ2v) is 9.08. The summed E-state index contributed by atoms with van der Waals surface area (Å²) >= 11 is 0. The zero-order valence-electron chi connectivity index (χ0n) is 14.2. The summed E-state index contributed by atoms with van der Waals surface area (Å²) < 4.78 is 0.